The lowest BCUT2D eigenvalue weighted by atomic mass is 10.00. The van der Waals surface area contributed by atoms with Gasteiger partial charge in [-0.05, 0) is 38.0 Å². The van der Waals surface area contributed by atoms with E-state index in [4.69, 9.17) is 11.6 Å². The molecule has 1 aliphatic heterocycles. The van der Waals surface area contributed by atoms with Crippen molar-refractivity contribution in [1.82, 2.24) is 21.1 Å². The maximum Gasteiger partial charge on any atom is 0.344 e. The van der Waals surface area contributed by atoms with E-state index >= 15 is 0 Å². The molecule has 1 unspecified atom stereocenters. The lowest BCUT2D eigenvalue weighted by molar-refractivity contribution is -0.138. The predicted octanol–water partition coefficient (Wildman–Crippen LogP) is 1.64. The highest BCUT2D eigenvalue weighted by Gasteiger charge is 2.47. The standard InChI is InChI=1S/C18H24ClN5O4/c1-4-8-20-15(26)12-7-6-11(19)9-13(12)21-10-14(25)23-24-16(27)18(3,5-2)22-17(24)28/h6-7,9,21H,4-5,8,10H2,1-3H3,(H,20,26)(H,22,28)(H,23,25). The lowest BCUT2D eigenvalue weighted by Gasteiger charge is -2.19. The van der Waals surface area contributed by atoms with Gasteiger partial charge in [-0.2, -0.15) is 5.01 Å². The summed E-state index contributed by atoms with van der Waals surface area (Å²) in [6.07, 6.45) is 1.17. The molecule has 0 radical (unpaired) electrons. The number of anilines is 1. The lowest BCUT2D eigenvalue weighted by Crippen LogP contribution is -2.50. The van der Waals surface area contributed by atoms with Crippen LogP contribution in [0.4, 0.5) is 10.5 Å². The molecular formula is C18H24ClN5O4. The molecule has 4 N–H and O–H groups in total. The Labute approximate surface area is 168 Å². The number of nitrogens with one attached hydrogen (secondary N) is 4. The molecule has 1 aromatic carbocycles. The smallest absolute Gasteiger partial charge is 0.344 e. The van der Waals surface area contributed by atoms with Crippen LogP contribution in [0, 0.1) is 0 Å². The Balaban J connectivity index is 2.03. The van der Waals surface area contributed by atoms with Crippen molar-refractivity contribution < 1.29 is 19.2 Å². The van der Waals surface area contributed by atoms with Crippen molar-refractivity contribution in [3.05, 3.63) is 28.8 Å². The van der Waals surface area contributed by atoms with Crippen molar-refractivity contribution >= 4 is 41.0 Å². The van der Waals surface area contributed by atoms with Crippen molar-refractivity contribution in [2.24, 2.45) is 0 Å². The molecule has 1 fully saturated rings. The number of carbonyl (C=O) groups is 4. The van der Waals surface area contributed by atoms with E-state index in [1.165, 1.54) is 6.07 Å². The van der Waals surface area contributed by atoms with Crippen LogP contribution in [0.1, 0.15) is 44.0 Å². The molecule has 0 aromatic heterocycles. The third-order valence-electron chi connectivity index (χ3n) is 4.41. The zero-order valence-electron chi connectivity index (χ0n) is 16.0. The Hall–Kier alpha value is -2.81. The number of nitrogens with zero attached hydrogens (tertiary/aromatic N) is 1. The summed E-state index contributed by atoms with van der Waals surface area (Å²) < 4.78 is 0. The van der Waals surface area contributed by atoms with Crippen LogP contribution in [0.2, 0.25) is 5.02 Å². The molecule has 0 spiro atoms. The van der Waals surface area contributed by atoms with Crippen LogP contribution in [-0.4, -0.2) is 47.4 Å². The molecule has 0 aliphatic carbocycles. The fourth-order valence-corrected chi connectivity index (χ4v) is 2.73. The first-order chi connectivity index (χ1) is 13.2. The van der Waals surface area contributed by atoms with E-state index in [1.807, 2.05) is 6.92 Å². The maximum absolute atomic E-state index is 12.3. The highest BCUT2D eigenvalue weighted by molar-refractivity contribution is 6.31. The summed E-state index contributed by atoms with van der Waals surface area (Å²) in [5, 5.41) is 9.18. The van der Waals surface area contributed by atoms with Gasteiger partial charge < -0.3 is 16.0 Å². The second kappa shape index (κ2) is 8.92. The third-order valence-corrected chi connectivity index (χ3v) is 4.64. The fourth-order valence-electron chi connectivity index (χ4n) is 2.56. The molecule has 28 heavy (non-hydrogen) atoms. The predicted molar refractivity (Wildman–Crippen MR) is 105 cm³/mol. The van der Waals surface area contributed by atoms with Crippen LogP contribution in [0.5, 0.6) is 0 Å². The number of benzene rings is 1. The number of halogens is 1. The summed E-state index contributed by atoms with van der Waals surface area (Å²) in [7, 11) is 0. The summed E-state index contributed by atoms with van der Waals surface area (Å²) in [5.74, 6) is -1.45. The normalized spacial score (nSPS) is 18.6. The van der Waals surface area contributed by atoms with Gasteiger partial charge in [-0.25, -0.2) is 4.79 Å². The topological polar surface area (TPSA) is 120 Å². The number of imide groups is 1. The number of hydrogen-bond donors (Lipinski definition) is 4. The summed E-state index contributed by atoms with van der Waals surface area (Å²) >= 11 is 5.99. The number of urea groups is 1. The number of hydrogen-bond acceptors (Lipinski definition) is 5. The van der Waals surface area contributed by atoms with E-state index in [1.54, 1.807) is 26.0 Å². The van der Waals surface area contributed by atoms with Gasteiger partial charge in [0.2, 0.25) is 0 Å². The van der Waals surface area contributed by atoms with Crippen LogP contribution in [-0.2, 0) is 9.59 Å². The van der Waals surface area contributed by atoms with Gasteiger partial charge in [-0.3, -0.25) is 19.8 Å². The van der Waals surface area contributed by atoms with Gasteiger partial charge in [0.1, 0.15) is 5.54 Å². The largest absolute Gasteiger partial charge is 0.375 e. The summed E-state index contributed by atoms with van der Waals surface area (Å²) in [4.78, 5) is 48.7. The first kappa shape index (κ1) is 21.5. The molecule has 1 aromatic rings. The van der Waals surface area contributed by atoms with Crippen molar-refractivity contribution in [3.63, 3.8) is 0 Å². The Kier molecular flexibility index (Phi) is 6.85. The molecule has 0 saturated carbocycles. The second-order valence-corrected chi connectivity index (χ2v) is 7.03. The number of hydrazine groups is 1. The van der Waals surface area contributed by atoms with Crippen LogP contribution >= 0.6 is 11.6 Å². The summed E-state index contributed by atoms with van der Waals surface area (Å²) in [6.45, 7) is 5.53. The van der Waals surface area contributed by atoms with Crippen LogP contribution < -0.4 is 21.4 Å². The van der Waals surface area contributed by atoms with Gasteiger partial charge in [0.25, 0.3) is 17.7 Å². The van der Waals surface area contributed by atoms with Gasteiger partial charge in [-0.15, -0.1) is 0 Å². The van der Waals surface area contributed by atoms with E-state index in [-0.39, 0.29) is 12.5 Å². The average Bonchev–Trinajstić information content (AvgIpc) is 2.88. The second-order valence-electron chi connectivity index (χ2n) is 6.59. The van der Waals surface area contributed by atoms with Crippen molar-refractivity contribution in [2.75, 3.05) is 18.4 Å². The Morgan fingerprint density at radius 3 is 2.57 bits per heavy atom. The minimum atomic E-state index is -1.05. The minimum Gasteiger partial charge on any atom is -0.375 e. The molecule has 1 saturated heterocycles. The highest BCUT2D eigenvalue weighted by atomic mass is 35.5. The van der Waals surface area contributed by atoms with E-state index in [0.29, 0.717) is 34.2 Å². The number of amides is 5. The first-order valence-electron chi connectivity index (χ1n) is 8.99. The van der Waals surface area contributed by atoms with Gasteiger partial charge in [0, 0.05) is 17.3 Å². The van der Waals surface area contributed by atoms with E-state index in [0.717, 1.165) is 6.42 Å². The highest BCUT2D eigenvalue weighted by Crippen LogP contribution is 2.21. The maximum atomic E-state index is 12.3. The molecule has 5 amide bonds. The molecule has 1 atom stereocenters. The van der Waals surface area contributed by atoms with E-state index in [2.05, 4.69) is 21.4 Å². The summed E-state index contributed by atoms with van der Waals surface area (Å²) in [5.41, 5.74) is 1.93. The Bertz CT molecular complexity index is 800. The average molecular weight is 410 g/mol. The molecule has 1 heterocycles. The molecule has 9 nitrogen and oxygen atoms in total. The minimum absolute atomic E-state index is 0.270. The first-order valence-corrected chi connectivity index (χ1v) is 9.37. The van der Waals surface area contributed by atoms with E-state index in [9.17, 15) is 19.2 Å². The number of rotatable bonds is 8. The van der Waals surface area contributed by atoms with Gasteiger partial charge in [0.15, 0.2) is 0 Å². The zero-order chi connectivity index (χ0) is 20.9. The van der Waals surface area contributed by atoms with Gasteiger partial charge >= 0.3 is 6.03 Å². The zero-order valence-corrected chi connectivity index (χ0v) is 16.8. The molecular weight excluding hydrogens is 386 g/mol. The molecule has 1 aliphatic rings. The van der Waals surface area contributed by atoms with Crippen LogP contribution in [0.15, 0.2) is 18.2 Å². The third kappa shape index (κ3) is 4.72. The van der Waals surface area contributed by atoms with Crippen LogP contribution in [0.25, 0.3) is 0 Å². The Morgan fingerprint density at radius 1 is 1.25 bits per heavy atom. The monoisotopic (exact) mass is 409 g/mol. The van der Waals surface area contributed by atoms with Crippen molar-refractivity contribution in [3.8, 4) is 0 Å². The SMILES string of the molecule is CCCNC(=O)c1ccc(Cl)cc1NCC(=O)NN1C(=O)NC(C)(CC)C1=O. The molecule has 2 rings (SSSR count). The molecule has 10 heteroatoms. The fraction of sp³-hybridized carbons (Fsp3) is 0.444. The molecule has 0 bridgehead atoms. The Morgan fingerprint density at radius 2 is 1.96 bits per heavy atom. The van der Waals surface area contributed by atoms with Crippen molar-refractivity contribution in [1.29, 1.82) is 0 Å². The van der Waals surface area contributed by atoms with E-state index < -0.39 is 23.4 Å². The molecule has 152 valence electrons. The van der Waals surface area contributed by atoms with Gasteiger partial charge in [0.05, 0.1) is 12.1 Å². The van der Waals surface area contributed by atoms with Gasteiger partial charge in [-0.1, -0.05) is 25.4 Å². The summed E-state index contributed by atoms with van der Waals surface area (Å²) in [6, 6.07) is 3.96. The quantitative estimate of drug-likeness (QED) is 0.486. The van der Waals surface area contributed by atoms with Crippen LogP contribution in [0.3, 0.4) is 0 Å². The van der Waals surface area contributed by atoms with Crippen molar-refractivity contribution in [2.45, 2.75) is 39.2 Å². The number of carbonyl (C=O) groups excluding carboxylic acids is 4.